The molecule has 2 N–H and O–H groups in total. The molecule has 0 saturated carbocycles. The SMILES string of the molecule is O=C(CSc1ncc(S(=O)(=O)c2ccc(Cl)cc2)c(=O)[nH]1)Nc1cccc(C(F)(F)F)c1. The summed E-state index contributed by atoms with van der Waals surface area (Å²) in [6, 6.07) is 9.35. The number of hydrogen-bond acceptors (Lipinski definition) is 6. The standard InChI is InChI=1S/C19H13ClF3N3O4S2/c20-12-4-6-14(7-5-12)32(29,30)15-9-24-18(26-17(15)28)31-10-16(27)25-13-3-1-2-11(8-13)19(21,22)23/h1-9H,10H2,(H,25,27)(H,24,26,28). The molecule has 3 rings (SSSR count). The van der Waals surface area contributed by atoms with Gasteiger partial charge in [-0.25, -0.2) is 13.4 Å². The predicted octanol–water partition coefficient (Wildman–Crippen LogP) is 4.01. The van der Waals surface area contributed by atoms with Crippen LogP contribution in [0.4, 0.5) is 18.9 Å². The number of halogens is 4. The number of sulfone groups is 1. The molecule has 1 aromatic heterocycles. The van der Waals surface area contributed by atoms with E-state index in [1.807, 2.05) is 0 Å². The van der Waals surface area contributed by atoms with Gasteiger partial charge in [-0.3, -0.25) is 9.59 Å². The molecule has 3 aromatic rings. The number of nitrogens with zero attached hydrogens (tertiary/aromatic N) is 1. The number of H-pyrrole nitrogens is 1. The number of hydrogen-bond donors (Lipinski definition) is 2. The number of carbonyl (C=O) groups is 1. The molecule has 168 valence electrons. The van der Waals surface area contributed by atoms with E-state index < -0.39 is 37.9 Å². The lowest BCUT2D eigenvalue weighted by Crippen LogP contribution is -2.20. The topological polar surface area (TPSA) is 109 Å². The van der Waals surface area contributed by atoms with Gasteiger partial charge in [0, 0.05) is 10.7 Å². The smallest absolute Gasteiger partial charge is 0.325 e. The molecule has 2 aromatic carbocycles. The molecule has 1 heterocycles. The van der Waals surface area contributed by atoms with Crippen LogP contribution in [-0.4, -0.2) is 30.0 Å². The second kappa shape index (κ2) is 9.35. The Hall–Kier alpha value is -2.83. The van der Waals surface area contributed by atoms with E-state index >= 15 is 0 Å². The van der Waals surface area contributed by atoms with Gasteiger partial charge >= 0.3 is 6.18 Å². The first-order valence-electron chi connectivity index (χ1n) is 8.67. The Kier molecular flexibility index (Phi) is 6.96. The fourth-order valence-electron chi connectivity index (χ4n) is 2.48. The summed E-state index contributed by atoms with van der Waals surface area (Å²) in [5, 5.41) is 2.60. The second-order valence-corrected chi connectivity index (χ2v) is 9.57. The Morgan fingerprint density at radius 3 is 2.47 bits per heavy atom. The largest absolute Gasteiger partial charge is 0.416 e. The fourth-order valence-corrected chi connectivity index (χ4v) is 4.47. The van der Waals surface area contributed by atoms with Crippen LogP contribution in [0.25, 0.3) is 0 Å². The van der Waals surface area contributed by atoms with Crippen LogP contribution in [-0.2, 0) is 20.8 Å². The van der Waals surface area contributed by atoms with E-state index in [1.54, 1.807) is 0 Å². The maximum absolute atomic E-state index is 12.7. The van der Waals surface area contributed by atoms with Crippen molar-refractivity contribution in [2.75, 3.05) is 11.1 Å². The molecule has 0 aliphatic heterocycles. The number of rotatable bonds is 6. The molecule has 0 aliphatic rings. The summed E-state index contributed by atoms with van der Waals surface area (Å²) in [5.41, 5.74) is -1.89. The van der Waals surface area contributed by atoms with E-state index in [9.17, 15) is 31.2 Å². The minimum absolute atomic E-state index is 0.0377. The van der Waals surface area contributed by atoms with E-state index in [0.717, 1.165) is 36.2 Å². The molecular weight excluding hydrogens is 491 g/mol. The highest BCUT2D eigenvalue weighted by Gasteiger charge is 2.30. The van der Waals surface area contributed by atoms with Gasteiger partial charge in [0.15, 0.2) is 10.1 Å². The van der Waals surface area contributed by atoms with Gasteiger partial charge < -0.3 is 10.3 Å². The van der Waals surface area contributed by atoms with Crippen LogP contribution >= 0.6 is 23.4 Å². The molecular formula is C19H13ClF3N3O4S2. The highest BCUT2D eigenvalue weighted by Crippen LogP contribution is 2.30. The van der Waals surface area contributed by atoms with Gasteiger partial charge in [0.1, 0.15) is 0 Å². The van der Waals surface area contributed by atoms with E-state index in [2.05, 4.69) is 15.3 Å². The molecule has 1 amide bonds. The first-order valence-corrected chi connectivity index (χ1v) is 11.5. The van der Waals surface area contributed by atoms with Gasteiger partial charge in [-0.15, -0.1) is 0 Å². The van der Waals surface area contributed by atoms with Crippen molar-refractivity contribution < 1.29 is 26.4 Å². The van der Waals surface area contributed by atoms with Gasteiger partial charge in [-0.1, -0.05) is 29.4 Å². The summed E-state index contributed by atoms with van der Waals surface area (Å²) in [6.07, 6.45) is -3.68. The van der Waals surface area contributed by atoms with Crippen molar-refractivity contribution in [3.05, 3.63) is 75.7 Å². The number of benzene rings is 2. The fraction of sp³-hybridized carbons (Fsp3) is 0.105. The first-order chi connectivity index (χ1) is 15.0. The van der Waals surface area contributed by atoms with Crippen molar-refractivity contribution in [2.45, 2.75) is 21.1 Å². The number of aromatic amines is 1. The third-order valence-electron chi connectivity index (χ3n) is 3.97. The van der Waals surface area contributed by atoms with Crippen molar-refractivity contribution in [1.82, 2.24) is 9.97 Å². The molecule has 0 spiro atoms. The number of nitrogens with one attached hydrogen (secondary N) is 2. The summed E-state index contributed by atoms with van der Waals surface area (Å²) in [6.45, 7) is 0. The summed E-state index contributed by atoms with van der Waals surface area (Å²) in [4.78, 5) is 29.7. The molecule has 0 unspecified atom stereocenters. The molecule has 7 nitrogen and oxygen atoms in total. The summed E-state index contributed by atoms with van der Waals surface area (Å²) < 4.78 is 63.4. The molecule has 0 saturated heterocycles. The molecule has 0 aliphatic carbocycles. The van der Waals surface area contributed by atoms with Crippen LogP contribution < -0.4 is 10.9 Å². The quantitative estimate of drug-likeness (QED) is 0.388. The summed E-state index contributed by atoms with van der Waals surface area (Å²) in [5.74, 6) is -0.933. The van der Waals surface area contributed by atoms with Crippen molar-refractivity contribution in [2.24, 2.45) is 0 Å². The zero-order valence-corrected chi connectivity index (χ0v) is 18.2. The Morgan fingerprint density at radius 1 is 1.16 bits per heavy atom. The van der Waals surface area contributed by atoms with E-state index in [4.69, 9.17) is 11.6 Å². The maximum Gasteiger partial charge on any atom is 0.416 e. The minimum Gasteiger partial charge on any atom is -0.325 e. The third-order valence-corrected chi connectivity index (χ3v) is 6.87. The number of aromatic nitrogens is 2. The van der Waals surface area contributed by atoms with Crippen LogP contribution in [0, 0.1) is 0 Å². The zero-order valence-electron chi connectivity index (χ0n) is 15.8. The molecule has 32 heavy (non-hydrogen) atoms. The van der Waals surface area contributed by atoms with Crippen molar-refractivity contribution in [3.8, 4) is 0 Å². The first kappa shape index (κ1) is 23.8. The van der Waals surface area contributed by atoms with Gasteiger partial charge in [-0.05, 0) is 42.5 Å². The van der Waals surface area contributed by atoms with Crippen LogP contribution in [0.15, 0.2) is 74.5 Å². The Bertz CT molecular complexity index is 1310. The van der Waals surface area contributed by atoms with Crippen molar-refractivity contribution in [3.63, 3.8) is 0 Å². The van der Waals surface area contributed by atoms with E-state index in [-0.39, 0.29) is 21.5 Å². The van der Waals surface area contributed by atoms with Crippen LogP contribution in [0.3, 0.4) is 0 Å². The highest BCUT2D eigenvalue weighted by molar-refractivity contribution is 7.99. The minimum atomic E-state index is -4.55. The van der Waals surface area contributed by atoms with Gasteiger partial charge in [0.05, 0.1) is 22.4 Å². The monoisotopic (exact) mass is 503 g/mol. The van der Waals surface area contributed by atoms with Gasteiger partial charge in [0.2, 0.25) is 15.7 Å². The lowest BCUT2D eigenvalue weighted by atomic mass is 10.2. The van der Waals surface area contributed by atoms with Crippen LogP contribution in [0.2, 0.25) is 5.02 Å². The predicted molar refractivity (Wildman–Crippen MR) is 113 cm³/mol. The average molecular weight is 504 g/mol. The number of carbonyl (C=O) groups excluding carboxylic acids is 1. The van der Waals surface area contributed by atoms with Gasteiger partial charge in [-0.2, -0.15) is 13.2 Å². The maximum atomic E-state index is 12.7. The van der Waals surface area contributed by atoms with Crippen LogP contribution in [0.5, 0.6) is 0 Å². The number of amides is 1. The summed E-state index contributed by atoms with van der Waals surface area (Å²) in [7, 11) is -4.14. The Morgan fingerprint density at radius 2 is 1.84 bits per heavy atom. The molecule has 0 bridgehead atoms. The third kappa shape index (κ3) is 5.69. The molecule has 0 atom stereocenters. The highest BCUT2D eigenvalue weighted by atomic mass is 35.5. The number of anilines is 1. The van der Waals surface area contributed by atoms with Crippen molar-refractivity contribution >= 4 is 44.8 Å². The number of thioether (sulfide) groups is 1. The molecule has 0 fully saturated rings. The summed E-state index contributed by atoms with van der Waals surface area (Å²) >= 11 is 6.51. The van der Waals surface area contributed by atoms with E-state index in [1.165, 1.54) is 30.3 Å². The normalized spacial score (nSPS) is 11.9. The Balaban J connectivity index is 1.68. The van der Waals surface area contributed by atoms with E-state index in [0.29, 0.717) is 5.02 Å². The van der Waals surface area contributed by atoms with Crippen molar-refractivity contribution in [1.29, 1.82) is 0 Å². The lowest BCUT2D eigenvalue weighted by molar-refractivity contribution is -0.137. The van der Waals surface area contributed by atoms with Gasteiger partial charge in [0.25, 0.3) is 5.56 Å². The zero-order chi connectivity index (χ0) is 23.5. The average Bonchev–Trinajstić information content (AvgIpc) is 2.72. The number of alkyl halides is 3. The molecule has 0 radical (unpaired) electrons. The molecule has 13 heteroatoms. The lowest BCUT2D eigenvalue weighted by Gasteiger charge is -2.09. The second-order valence-electron chi connectivity index (χ2n) is 6.25. The Labute approximate surface area is 189 Å². The van der Waals surface area contributed by atoms with Crippen LogP contribution in [0.1, 0.15) is 5.56 Å².